The lowest BCUT2D eigenvalue weighted by Gasteiger charge is -2.38. The zero-order chi connectivity index (χ0) is 21.0. The van der Waals surface area contributed by atoms with Crippen LogP contribution in [0.25, 0.3) is 0 Å². The number of amides is 1. The molecule has 0 saturated carbocycles. The Morgan fingerprint density at radius 1 is 1.13 bits per heavy atom. The molecule has 148 valence electrons. The number of carbonyl (C=O) groups is 2. The summed E-state index contributed by atoms with van der Waals surface area (Å²) < 4.78 is 5.80. The highest BCUT2D eigenvalue weighted by molar-refractivity contribution is 6.19. The van der Waals surface area contributed by atoms with E-state index in [1.807, 2.05) is 37.3 Å². The number of benzene rings is 2. The molecule has 6 heteroatoms. The van der Waals surface area contributed by atoms with Gasteiger partial charge in [0.1, 0.15) is 22.8 Å². The average molecular weight is 397 g/mol. The number of anilines is 1. The third-order valence-corrected chi connectivity index (χ3v) is 6.23. The van der Waals surface area contributed by atoms with E-state index in [0.717, 1.165) is 11.1 Å². The van der Waals surface area contributed by atoms with Gasteiger partial charge in [-0.15, -0.1) is 0 Å². The number of rotatable bonds is 1. The van der Waals surface area contributed by atoms with Gasteiger partial charge in [0.15, 0.2) is 5.78 Å². The SMILES string of the molecule is Cc1ccc([C@@H]2CC(=O)C3=C(C2)OC(N)=C(C#N)[C@@]32C(=O)Nc3ccccc32)cc1. The Bertz CT molecular complexity index is 1220. The Morgan fingerprint density at radius 2 is 1.87 bits per heavy atom. The van der Waals surface area contributed by atoms with Gasteiger partial charge in [-0.05, 0) is 24.5 Å². The lowest BCUT2D eigenvalue weighted by molar-refractivity contribution is -0.123. The van der Waals surface area contributed by atoms with Gasteiger partial charge in [-0.1, -0.05) is 48.0 Å². The van der Waals surface area contributed by atoms with Crippen molar-refractivity contribution in [3.05, 3.63) is 88.0 Å². The number of aryl methyl sites for hydroxylation is 1. The van der Waals surface area contributed by atoms with Crippen molar-refractivity contribution in [1.29, 1.82) is 5.26 Å². The minimum Gasteiger partial charge on any atom is -0.444 e. The van der Waals surface area contributed by atoms with Gasteiger partial charge in [0, 0.05) is 24.1 Å². The number of nitrogens with two attached hydrogens (primary N) is 1. The second-order valence-corrected chi connectivity index (χ2v) is 7.94. The predicted octanol–water partition coefficient (Wildman–Crippen LogP) is 3.31. The Labute approximate surface area is 173 Å². The molecule has 1 amide bonds. The topological polar surface area (TPSA) is 105 Å². The summed E-state index contributed by atoms with van der Waals surface area (Å²) >= 11 is 0. The summed E-state index contributed by atoms with van der Waals surface area (Å²) in [6.07, 6.45) is 0.668. The third-order valence-electron chi connectivity index (χ3n) is 6.23. The van der Waals surface area contributed by atoms with Crippen molar-refractivity contribution in [2.24, 2.45) is 5.73 Å². The van der Waals surface area contributed by atoms with Gasteiger partial charge in [-0.2, -0.15) is 5.26 Å². The molecular weight excluding hydrogens is 378 g/mol. The highest BCUT2D eigenvalue weighted by Gasteiger charge is 2.60. The molecular formula is C24H19N3O3. The number of fused-ring (bicyclic) bond motifs is 3. The van der Waals surface area contributed by atoms with E-state index in [9.17, 15) is 14.9 Å². The van der Waals surface area contributed by atoms with Gasteiger partial charge < -0.3 is 15.8 Å². The summed E-state index contributed by atoms with van der Waals surface area (Å²) in [6, 6.07) is 17.2. The van der Waals surface area contributed by atoms with Gasteiger partial charge in [-0.25, -0.2) is 0 Å². The summed E-state index contributed by atoms with van der Waals surface area (Å²) in [5, 5.41) is 12.7. The first kappa shape index (κ1) is 18.2. The zero-order valence-electron chi connectivity index (χ0n) is 16.4. The van der Waals surface area contributed by atoms with Gasteiger partial charge in [0.05, 0.1) is 5.57 Å². The normalized spacial score (nSPS) is 24.9. The van der Waals surface area contributed by atoms with E-state index in [4.69, 9.17) is 10.5 Å². The van der Waals surface area contributed by atoms with Crippen molar-refractivity contribution in [3.63, 3.8) is 0 Å². The second kappa shape index (κ2) is 6.33. The van der Waals surface area contributed by atoms with Crippen LogP contribution in [-0.4, -0.2) is 11.7 Å². The number of ether oxygens (including phenoxy) is 1. The van der Waals surface area contributed by atoms with Crippen LogP contribution in [0.3, 0.4) is 0 Å². The molecule has 1 spiro atoms. The highest BCUT2D eigenvalue weighted by Crippen LogP contribution is 2.55. The summed E-state index contributed by atoms with van der Waals surface area (Å²) in [5.41, 5.74) is 8.08. The van der Waals surface area contributed by atoms with Crippen LogP contribution in [0.2, 0.25) is 0 Å². The fourth-order valence-electron chi connectivity index (χ4n) is 4.85. The van der Waals surface area contributed by atoms with E-state index >= 15 is 0 Å². The summed E-state index contributed by atoms with van der Waals surface area (Å²) in [5.74, 6) is -0.472. The fraction of sp³-hybridized carbons (Fsp3) is 0.208. The maximum absolute atomic E-state index is 13.5. The Balaban J connectivity index is 1.71. The summed E-state index contributed by atoms with van der Waals surface area (Å²) in [7, 11) is 0. The molecule has 30 heavy (non-hydrogen) atoms. The van der Waals surface area contributed by atoms with Gasteiger partial charge in [-0.3, -0.25) is 9.59 Å². The molecule has 0 unspecified atom stereocenters. The van der Waals surface area contributed by atoms with Crippen LogP contribution < -0.4 is 11.1 Å². The van der Waals surface area contributed by atoms with Gasteiger partial charge in [0.2, 0.25) is 11.8 Å². The van der Waals surface area contributed by atoms with Crippen LogP contribution in [0.5, 0.6) is 0 Å². The van der Waals surface area contributed by atoms with E-state index in [1.165, 1.54) is 0 Å². The van der Waals surface area contributed by atoms with Gasteiger partial charge in [0.25, 0.3) is 0 Å². The minimum atomic E-state index is -1.56. The van der Waals surface area contributed by atoms with Crippen LogP contribution in [0, 0.1) is 18.3 Å². The molecule has 0 aromatic heterocycles. The number of hydrogen-bond acceptors (Lipinski definition) is 5. The van der Waals surface area contributed by atoms with E-state index in [2.05, 4.69) is 5.32 Å². The molecule has 3 aliphatic rings. The van der Waals surface area contributed by atoms with Crippen molar-refractivity contribution in [2.75, 3.05) is 5.32 Å². The first-order chi connectivity index (χ1) is 14.5. The van der Waals surface area contributed by atoms with E-state index in [1.54, 1.807) is 24.3 Å². The van der Waals surface area contributed by atoms with E-state index < -0.39 is 11.3 Å². The maximum atomic E-state index is 13.5. The Kier molecular flexibility index (Phi) is 3.84. The van der Waals surface area contributed by atoms with Crippen LogP contribution in [-0.2, 0) is 19.7 Å². The first-order valence-corrected chi connectivity index (χ1v) is 9.79. The number of ketones is 1. The Hall–Kier alpha value is -3.85. The number of carbonyl (C=O) groups excluding carboxylic acids is 2. The van der Waals surface area contributed by atoms with Crippen molar-refractivity contribution in [3.8, 4) is 6.07 Å². The number of nitrogens with zero attached hydrogens (tertiary/aromatic N) is 1. The van der Waals surface area contributed by atoms with Crippen molar-refractivity contribution in [2.45, 2.75) is 31.1 Å². The standard InChI is InChI=1S/C24H19N3O3/c1-13-6-8-14(9-7-13)15-10-19(28)21-20(11-15)30-22(26)17(12-25)24(21)16-4-2-3-5-18(16)27-23(24)29/h2-9,15H,10-11,26H2,1H3,(H,27,29)/t15-,24-/m1/s1. The summed E-state index contributed by atoms with van der Waals surface area (Å²) in [6.45, 7) is 2.01. The molecule has 2 aromatic carbocycles. The van der Waals surface area contributed by atoms with Crippen molar-refractivity contribution in [1.82, 2.24) is 0 Å². The monoisotopic (exact) mass is 397 g/mol. The quantitative estimate of drug-likeness (QED) is 0.768. The first-order valence-electron chi connectivity index (χ1n) is 9.79. The molecule has 5 rings (SSSR count). The Morgan fingerprint density at radius 3 is 2.60 bits per heavy atom. The molecule has 0 saturated heterocycles. The minimum absolute atomic E-state index is 0.0363. The van der Waals surface area contributed by atoms with Crippen LogP contribution in [0.1, 0.15) is 35.4 Å². The number of hydrogen-bond donors (Lipinski definition) is 2. The zero-order valence-corrected chi connectivity index (χ0v) is 16.4. The highest BCUT2D eigenvalue weighted by atomic mass is 16.5. The van der Waals surface area contributed by atoms with E-state index in [-0.39, 0.29) is 35.2 Å². The molecule has 2 atom stereocenters. The smallest absolute Gasteiger partial charge is 0.245 e. The molecule has 0 radical (unpaired) electrons. The average Bonchev–Trinajstić information content (AvgIpc) is 3.00. The molecule has 2 heterocycles. The predicted molar refractivity (Wildman–Crippen MR) is 110 cm³/mol. The number of nitrogens with one attached hydrogen (secondary N) is 1. The molecule has 6 nitrogen and oxygen atoms in total. The lowest BCUT2D eigenvalue weighted by atomic mass is 9.63. The maximum Gasteiger partial charge on any atom is 0.245 e. The fourth-order valence-corrected chi connectivity index (χ4v) is 4.85. The number of allylic oxidation sites excluding steroid dienone is 1. The molecule has 2 aliphatic heterocycles. The molecule has 0 fully saturated rings. The second-order valence-electron chi connectivity index (χ2n) is 7.94. The van der Waals surface area contributed by atoms with Crippen molar-refractivity contribution < 1.29 is 14.3 Å². The largest absolute Gasteiger partial charge is 0.444 e. The van der Waals surface area contributed by atoms with E-state index in [0.29, 0.717) is 23.4 Å². The molecule has 2 aromatic rings. The number of para-hydroxylation sites is 1. The van der Waals surface area contributed by atoms with Crippen LogP contribution >= 0.6 is 0 Å². The lowest BCUT2D eigenvalue weighted by Crippen LogP contribution is -2.47. The van der Waals surface area contributed by atoms with Crippen molar-refractivity contribution >= 4 is 17.4 Å². The number of Topliss-reactive ketones (excluding diaryl/α,β-unsaturated/α-hetero) is 1. The molecule has 0 bridgehead atoms. The molecule has 3 N–H and O–H groups in total. The van der Waals surface area contributed by atoms with Gasteiger partial charge >= 0.3 is 0 Å². The summed E-state index contributed by atoms with van der Waals surface area (Å²) in [4.78, 5) is 26.8. The van der Waals surface area contributed by atoms with Crippen LogP contribution in [0.15, 0.2) is 71.3 Å². The van der Waals surface area contributed by atoms with Crippen LogP contribution in [0.4, 0.5) is 5.69 Å². The molecule has 1 aliphatic carbocycles. The number of nitriles is 1. The third kappa shape index (κ3) is 2.29.